The molecule has 116 valence electrons. The molecule has 2 rings (SSSR count). The molecule has 1 fully saturated rings. The summed E-state index contributed by atoms with van der Waals surface area (Å²) in [4.78, 5) is 26.3. The van der Waals surface area contributed by atoms with E-state index in [9.17, 15) is 14.7 Å². The molecule has 21 heavy (non-hydrogen) atoms. The van der Waals surface area contributed by atoms with Gasteiger partial charge in [0.15, 0.2) is 0 Å². The Balaban J connectivity index is 2.11. The number of amides is 2. The normalized spacial score (nSPS) is 18.3. The molecule has 1 aliphatic rings. The molecule has 1 aromatic heterocycles. The maximum Gasteiger partial charge on any atom is 0.338 e. The summed E-state index contributed by atoms with van der Waals surface area (Å²) in [5, 5.41) is 12.5. The summed E-state index contributed by atoms with van der Waals surface area (Å²) < 4.78 is 0. The van der Waals surface area contributed by atoms with E-state index in [-0.39, 0.29) is 11.6 Å². The summed E-state index contributed by atoms with van der Waals surface area (Å²) in [5.74, 6) is 0.0961. The first-order valence-electron chi connectivity index (χ1n) is 7.20. The number of anilines is 1. The molecule has 1 saturated heterocycles. The van der Waals surface area contributed by atoms with E-state index in [4.69, 9.17) is 0 Å². The second-order valence-electron chi connectivity index (χ2n) is 5.96. The van der Waals surface area contributed by atoms with Crippen LogP contribution in [-0.4, -0.2) is 35.1 Å². The largest absolute Gasteiger partial charge is 0.478 e. The molecule has 6 heteroatoms. The molecule has 0 saturated carbocycles. The molecule has 0 spiro atoms. The van der Waals surface area contributed by atoms with Crippen molar-refractivity contribution in [1.82, 2.24) is 4.90 Å². The van der Waals surface area contributed by atoms with Crippen molar-refractivity contribution in [2.75, 3.05) is 18.4 Å². The van der Waals surface area contributed by atoms with Gasteiger partial charge in [-0.1, -0.05) is 13.8 Å². The third kappa shape index (κ3) is 3.20. The molecule has 0 radical (unpaired) electrons. The van der Waals surface area contributed by atoms with Crippen molar-refractivity contribution in [2.45, 2.75) is 34.1 Å². The zero-order valence-electron chi connectivity index (χ0n) is 12.9. The Hall–Kier alpha value is -1.56. The number of carboxylic acid groups (broad SMARTS) is 1. The second kappa shape index (κ2) is 6.05. The summed E-state index contributed by atoms with van der Waals surface area (Å²) in [6.07, 6.45) is 1.01. The summed E-state index contributed by atoms with van der Waals surface area (Å²) in [5.41, 5.74) is 0.940. The highest BCUT2D eigenvalue weighted by Crippen LogP contribution is 2.33. The van der Waals surface area contributed by atoms with Crippen LogP contribution < -0.4 is 5.32 Å². The molecule has 1 unspecified atom stereocenters. The van der Waals surface area contributed by atoms with Crippen molar-refractivity contribution < 1.29 is 14.7 Å². The number of urea groups is 1. The van der Waals surface area contributed by atoms with Crippen LogP contribution in [-0.2, 0) is 0 Å². The summed E-state index contributed by atoms with van der Waals surface area (Å²) in [7, 11) is 0. The number of likely N-dealkylation sites (tertiary alicyclic amines) is 1. The van der Waals surface area contributed by atoms with E-state index in [0.717, 1.165) is 30.0 Å². The monoisotopic (exact) mass is 310 g/mol. The smallest absolute Gasteiger partial charge is 0.338 e. The minimum Gasteiger partial charge on any atom is -0.478 e. The van der Waals surface area contributed by atoms with Crippen LogP contribution in [0.2, 0.25) is 0 Å². The lowest BCUT2D eigenvalue weighted by Crippen LogP contribution is -2.33. The first-order chi connectivity index (χ1) is 9.81. The minimum atomic E-state index is -0.992. The molecule has 0 aromatic carbocycles. The SMILES string of the molecule is Cc1sc(NC(=O)N2CCC(C(C)C)C2)c(C(=O)O)c1C. The molecule has 2 heterocycles. The lowest BCUT2D eigenvalue weighted by molar-refractivity contribution is 0.0697. The molecule has 1 aliphatic heterocycles. The molecule has 1 atom stereocenters. The van der Waals surface area contributed by atoms with Gasteiger partial charge in [0.25, 0.3) is 0 Å². The highest BCUT2D eigenvalue weighted by atomic mass is 32.1. The van der Waals surface area contributed by atoms with Crippen LogP contribution >= 0.6 is 11.3 Å². The summed E-state index contributed by atoms with van der Waals surface area (Å²) >= 11 is 1.32. The van der Waals surface area contributed by atoms with Crippen LogP contribution in [0.15, 0.2) is 0 Å². The van der Waals surface area contributed by atoms with Gasteiger partial charge in [-0.05, 0) is 37.7 Å². The number of hydrogen-bond acceptors (Lipinski definition) is 3. The average Bonchev–Trinajstić information content (AvgIpc) is 2.96. The standard InChI is InChI=1S/C15H22N2O3S/c1-8(2)11-5-6-17(7-11)15(20)16-13-12(14(18)19)9(3)10(4)21-13/h8,11H,5-7H2,1-4H3,(H,16,20)(H,18,19). The number of carbonyl (C=O) groups is 2. The van der Waals surface area contributed by atoms with Gasteiger partial charge in [0.1, 0.15) is 5.00 Å². The van der Waals surface area contributed by atoms with Gasteiger partial charge in [0.2, 0.25) is 0 Å². The molecule has 1 aromatic rings. The van der Waals surface area contributed by atoms with Crippen LogP contribution in [0, 0.1) is 25.7 Å². The predicted octanol–water partition coefficient (Wildman–Crippen LogP) is 3.57. The highest BCUT2D eigenvalue weighted by molar-refractivity contribution is 7.16. The summed E-state index contributed by atoms with van der Waals surface area (Å²) in [6, 6.07) is -0.193. The quantitative estimate of drug-likeness (QED) is 0.896. The molecule has 5 nitrogen and oxygen atoms in total. The van der Waals surface area contributed by atoms with E-state index in [2.05, 4.69) is 19.2 Å². The van der Waals surface area contributed by atoms with Gasteiger partial charge in [-0.2, -0.15) is 0 Å². The number of nitrogens with zero attached hydrogens (tertiary/aromatic N) is 1. The maximum atomic E-state index is 12.3. The van der Waals surface area contributed by atoms with Crippen molar-refractivity contribution in [3.05, 3.63) is 16.0 Å². The number of thiophene rings is 1. The van der Waals surface area contributed by atoms with Gasteiger partial charge in [0.05, 0.1) is 5.56 Å². The first-order valence-corrected chi connectivity index (χ1v) is 8.02. The van der Waals surface area contributed by atoms with Crippen molar-refractivity contribution in [1.29, 1.82) is 0 Å². The number of carboxylic acids is 1. The number of aromatic carboxylic acids is 1. The van der Waals surface area contributed by atoms with Gasteiger partial charge in [-0.15, -0.1) is 11.3 Å². The molecule has 2 N–H and O–H groups in total. The number of rotatable bonds is 3. The van der Waals surface area contributed by atoms with Crippen LogP contribution in [0.5, 0.6) is 0 Å². The van der Waals surface area contributed by atoms with Gasteiger partial charge >= 0.3 is 12.0 Å². The lowest BCUT2D eigenvalue weighted by atomic mass is 9.95. The van der Waals surface area contributed by atoms with Crippen LogP contribution in [0.3, 0.4) is 0 Å². The first kappa shape index (κ1) is 15.8. The van der Waals surface area contributed by atoms with E-state index in [1.165, 1.54) is 11.3 Å². The van der Waals surface area contributed by atoms with Gasteiger partial charge in [-0.3, -0.25) is 5.32 Å². The van der Waals surface area contributed by atoms with Crippen molar-refractivity contribution >= 4 is 28.3 Å². The topological polar surface area (TPSA) is 69.6 Å². The third-order valence-corrected chi connectivity index (χ3v) is 5.40. The zero-order chi connectivity index (χ0) is 15.7. The molecular weight excluding hydrogens is 288 g/mol. The number of nitrogens with one attached hydrogen (secondary N) is 1. The Morgan fingerprint density at radius 2 is 2.05 bits per heavy atom. The summed E-state index contributed by atoms with van der Waals surface area (Å²) in [6.45, 7) is 9.46. The van der Waals surface area contributed by atoms with Crippen molar-refractivity contribution in [2.24, 2.45) is 11.8 Å². The van der Waals surface area contributed by atoms with Crippen LogP contribution in [0.25, 0.3) is 0 Å². The van der Waals surface area contributed by atoms with Crippen LogP contribution in [0.1, 0.15) is 41.1 Å². The fraction of sp³-hybridized carbons (Fsp3) is 0.600. The minimum absolute atomic E-state index is 0.193. The molecule has 0 aliphatic carbocycles. The third-order valence-electron chi connectivity index (χ3n) is 4.27. The lowest BCUT2D eigenvalue weighted by Gasteiger charge is -2.18. The Bertz CT molecular complexity index is 566. The molecule has 2 amide bonds. The Morgan fingerprint density at radius 1 is 1.38 bits per heavy atom. The van der Waals surface area contributed by atoms with E-state index >= 15 is 0 Å². The zero-order valence-corrected chi connectivity index (χ0v) is 13.7. The number of aryl methyl sites for hydroxylation is 1. The second-order valence-corrected chi connectivity index (χ2v) is 7.19. The molecule has 0 bridgehead atoms. The average molecular weight is 310 g/mol. The van der Waals surface area contributed by atoms with E-state index < -0.39 is 5.97 Å². The van der Waals surface area contributed by atoms with Gasteiger partial charge < -0.3 is 10.0 Å². The van der Waals surface area contributed by atoms with Crippen LogP contribution in [0.4, 0.5) is 9.80 Å². The Morgan fingerprint density at radius 3 is 2.57 bits per heavy atom. The highest BCUT2D eigenvalue weighted by Gasteiger charge is 2.29. The number of hydrogen-bond donors (Lipinski definition) is 2. The van der Waals surface area contributed by atoms with E-state index in [1.54, 1.807) is 11.8 Å². The van der Waals surface area contributed by atoms with E-state index in [1.807, 2.05) is 6.92 Å². The fourth-order valence-electron chi connectivity index (χ4n) is 2.66. The predicted molar refractivity (Wildman–Crippen MR) is 84.3 cm³/mol. The van der Waals surface area contributed by atoms with Gasteiger partial charge in [0, 0.05) is 18.0 Å². The van der Waals surface area contributed by atoms with E-state index in [0.29, 0.717) is 16.8 Å². The van der Waals surface area contributed by atoms with Crippen molar-refractivity contribution in [3.63, 3.8) is 0 Å². The van der Waals surface area contributed by atoms with Crippen molar-refractivity contribution in [3.8, 4) is 0 Å². The molecular formula is C15H22N2O3S. The Labute approximate surface area is 129 Å². The maximum absolute atomic E-state index is 12.3. The Kier molecular flexibility index (Phi) is 4.56. The van der Waals surface area contributed by atoms with Gasteiger partial charge in [-0.25, -0.2) is 9.59 Å². The fourth-order valence-corrected chi connectivity index (χ4v) is 3.71. The number of carbonyl (C=O) groups excluding carboxylic acids is 1.